The highest BCUT2D eigenvalue weighted by molar-refractivity contribution is 7.53. The highest BCUT2D eigenvalue weighted by Gasteiger charge is 2.68. The molecule has 1 aromatic rings. The molecule has 0 saturated heterocycles. The molecule has 4 rings (SSSR count). The fraction of sp³-hybridized carbons (Fsp3) is 0.667. The molecule has 0 unspecified atom stereocenters. The Hall–Kier alpha value is -0.720. The van der Waals surface area contributed by atoms with Gasteiger partial charge in [-0.3, -0.25) is 14.4 Å². The van der Waals surface area contributed by atoms with Gasteiger partial charge in [-0.2, -0.15) is 0 Å². The average molecular weight is 432 g/mol. The van der Waals surface area contributed by atoms with Gasteiger partial charge in [0.25, 0.3) is 0 Å². The van der Waals surface area contributed by atoms with Crippen LogP contribution in [0.1, 0.15) is 56.1 Å². The normalized spacial score (nSPS) is 37.7. The number of phosphoric acid groups is 1. The van der Waals surface area contributed by atoms with E-state index in [2.05, 4.69) is 0 Å². The van der Waals surface area contributed by atoms with Gasteiger partial charge in [0.15, 0.2) is 5.34 Å². The fourth-order valence-corrected chi connectivity index (χ4v) is 7.97. The number of hydrogen-bond acceptors (Lipinski definition) is 4. The quantitative estimate of drug-likeness (QED) is 0.459. The van der Waals surface area contributed by atoms with Crippen LogP contribution in [-0.2, 0) is 15.6 Å². The van der Waals surface area contributed by atoms with Crippen molar-refractivity contribution in [1.82, 2.24) is 0 Å². The lowest BCUT2D eigenvalue weighted by Gasteiger charge is -2.53. The van der Waals surface area contributed by atoms with Crippen LogP contribution in [0.25, 0.3) is 0 Å². The molecule has 3 aliphatic carbocycles. The zero-order chi connectivity index (χ0) is 20.5. The summed E-state index contributed by atoms with van der Waals surface area (Å²) in [6.07, 6.45) is 3.47. The molecule has 0 bridgehead atoms. The minimum absolute atomic E-state index is 0.0306. The molecule has 8 nitrogen and oxygen atoms in total. The van der Waals surface area contributed by atoms with Gasteiger partial charge in [-0.1, -0.05) is 13.0 Å². The predicted molar refractivity (Wildman–Crippen MR) is 101 cm³/mol. The van der Waals surface area contributed by atoms with Crippen LogP contribution in [0.3, 0.4) is 0 Å². The van der Waals surface area contributed by atoms with Crippen LogP contribution in [0.2, 0.25) is 0 Å². The lowest BCUT2D eigenvalue weighted by Crippen LogP contribution is -2.50. The van der Waals surface area contributed by atoms with E-state index in [1.807, 2.05) is 13.0 Å². The summed E-state index contributed by atoms with van der Waals surface area (Å²) in [5.74, 6) is 0.608. The molecular formula is C18H26O8P2. The van der Waals surface area contributed by atoms with Crippen LogP contribution in [0, 0.1) is 17.3 Å². The Morgan fingerprint density at radius 3 is 2.43 bits per heavy atom. The SMILES string of the molecule is C[C@]12CC[C@@H]3c4ccc(OP(=O)(O)O)cc4CC[C@H]3[C@@H]1CC[C@]2(O)P(=O)(O)O. The Balaban J connectivity index is 1.65. The molecule has 28 heavy (non-hydrogen) atoms. The van der Waals surface area contributed by atoms with Crippen molar-refractivity contribution in [3.05, 3.63) is 29.3 Å². The molecule has 2 fully saturated rings. The van der Waals surface area contributed by atoms with E-state index in [1.54, 1.807) is 12.1 Å². The number of phosphoric ester groups is 1. The van der Waals surface area contributed by atoms with Crippen molar-refractivity contribution in [1.29, 1.82) is 0 Å². The Morgan fingerprint density at radius 1 is 1.07 bits per heavy atom. The third-order valence-corrected chi connectivity index (χ3v) is 9.66. The first-order chi connectivity index (χ1) is 12.9. The van der Waals surface area contributed by atoms with E-state index >= 15 is 0 Å². The van der Waals surface area contributed by atoms with Gasteiger partial charge in [0.05, 0.1) is 0 Å². The van der Waals surface area contributed by atoms with Gasteiger partial charge in [0.2, 0.25) is 0 Å². The van der Waals surface area contributed by atoms with Crippen LogP contribution in [0.15, 0.2) is 18.2 Å². The monoisotopic (exact) mass is 432 g/mol. The van der Waals surface area contributed by atoms with E-state index in [9.17, 15) is 24.0 Å². The minimum Gasteiger partial charge on any atom is -0.404 e. The standard InChI is InChI=1S/C18H26O8P2/c1-17-8-6-14-13-5-3-12(26-28(23,24)25)10-11(13)2-4-15(14)16(17)7-9-18(17,19)27(20,21)22/h3,5,10,14-16,19H,2,4,6-9H2,1H3,(H2,20,21,22)(H2,23,24,25)/t14-,15-,16+,17+,18+/m1/s1. The van der Waals surface area contributed by atoms with Crippen LogP contribution in [0.5, 0.6) is 5.75 Å². The van der Waals surface area contributed by atoms with E-state index in [0.717, 1.165) is 17.5 Å². The zero-order valence-electron chi connectivity index (χ0n) is 15.6. The highest BCUT2D eigenvalue weighted by Crippen LogP contribution is 2.73. The maximum atomic E-state index is 12.1. The predicted octanol–water partition coefficient (Wildman–Crippen LogP) is 2.88. The molecule has 1 aromatic carbocycles. The summed E-state index contributed by atoms with van der Waals surface area (Å²) in [5.41, 5.74) is 1.30. The molecular weight excluding hydrogens is 406 g/mol. The second kappa shape index (κ2) is 6.39. The fourth-order valence-electron chi connectivity index (χ4n) is 6.22. The minimum atomic E-state index is -4.65. The van der Waals surface area contributed by atoms with E-state index < -0.39 is 26.2 Å². The summed E-state index contributed by atoms with van der Waals surface area (Å²) in [5, 5.41) is 9.00. The summed E-state index contributed by atoms with van der Waals surface area (Å²) in [6.45, 7) is 1.83. The molecule has 156 valence electrons. The summed E-state index contributed by atoms with van der Waals surface area (Å²) in [4.78, 5) is 37.7. The first-order valence-electron chi connectivity index (χ1n) is 9.52. The van der Waals surface area contributed by atoms with Crippen molar-refractivity contribution >= 4 is 15.4 Å². The van der Waals surface area contributed by atoms with Crippen LogP contribution >= 0.6 is 15.4 Å². The van der Waals surface area contributed by atoms with Crippen molar-refractivity contribution in [2.24, 2.45) is 17.3 Å². The molecule has 0 aliphatic heterocycles. The zero-order valence-corrected chi connectivity index (χ0v) is 17.4. The Labute approximate surface area is 163 Å². The molecule has 5 atom stereocenters. The van der Waals surface area contributed by atoms with Crippen LogP contribution in [-0.4, -0.2) is 30.0 Å². The van der Waals surface area contributed by atoms with E-state index in [-0.39, 0.29) is 29.9 Å². The largest absolute Gasteiger partial charge is 0.524 e. The van der Waals surface area contributed by atoms with Crippen molar-refractivity contribution in [2.45, 2.75) is 56.7 Å². The van der Waals surface area contributed by atoms with Crippen LogP contribution in [0.4, 0.5) is 0 Å². The molecule has 0 spiro atoms. The average Bonchev–Trinajstić information content (AvgIpc) is 2.85. The smallest absolute Gasteiger partial charge is 0.404 e. The third kappa shape index (κ3) is 3.02. The second-order valence-corrected chi connectivity index (χ2v) is 11.7. The lowest BCUT2D eigenvalue weighted by molar-refractivity contribution is -0.0624. The highest BCUT2D eigenvalue weighted by atomic mass is 31.2. The van der Waals surface area contributed by atoms with E-state index in [4.69, 9.17) is 14.3 Å². The Kier molecular flexibility index (Phi) is 4.69. The van der Waals surface area contributed by atoms with Gasteiger partial charge in [-0.05, 0) is 79.5 Å². The van der Waals surface area contributed by atoms with Gasteiger partial charge in [-0.15, -0.1) is 0 Å². The van der Waals surface area contributed by atoms with Crippen molar-refractivity contribution < 1.29 is 38.3 Å². The second-order valence-electron chi connectivity index (χ2n) is 8.71. The number of aryl methyl sites for hydroxylation is 1. The maximum Gasteiger partial charge on any atom is 0.524 e. The lowest BCUT2D eigenvalue weighted by atomic mass is 9.55. The molecule has 2 saturated carbocycles. The number of aliphatic hydroxyl groups is 1. The molecule has 3 aliphatic rings. The van der Waals surface area contributed by atoms with Gasteiger partial charge in [-0.25, -0.2) is 4.57 Å². The number of rotatable bonds is 3. The van der Waals surface area contributed by atoms with E-state index in [0.29, 0.717) is 25.7 Å². The summed E-state index contributed by atoms with van der Waals surface area (Å²) in [6, 6.07) is 5.09. The molecule has 5 N–H and O–H groups in total. The molecule has 0 heterocycles. The van der Waals surface area contributed by atoms with Crippen LogP contribution < -0.4 is 4.52 Å². The molecule has 0 amide bonds. The maximum absolute atomic E-state index is 12.1. The third-order valence-electron chi connectivity index (χ3n) is 7.51. The first kappa shape index (κ1) is 20.5. The van der Waals surface area contributed by atoms with E-state index in [1.165, 1.54) is 0 Å². The summed E-state index contributed by atoms with van der Waals surface area (Å²) < 4.78 is 27.9. The van der Waals surface area contributed by atoms with Crippen molar-refractivity contribution in [3.63, 3.8) is 0 Å². The van der Waals surface area contributed by atoms with Crippen molar-refractivity contribution in [2.75, 3.05) is 0 Å². The Morgan fingerprint density at radius 2 is 1.79 bits per heavy atom. The van der Waals surface area contributed by atoms with Gasteiger partial charge < -0.3 is 19.4 Å². The van der Waals surface area contributed by atoms with Crippen molar-refractivity contribution in [3.8, 4) is 5.75 Å². The number of hydrogen-bond donors (Lipinski definition) is 5. The molecule has 0 radical (unpaired) electrons. The number of fused-ring (bicyclic) bond motifs is 5. The summed E-state index contributed by atoms with van der Waals surface area (Å²) in [7, 11) is -9.26. The molecule has 0 aromatic heterocycles. The van der Waals surface area contributed by atoms with Gasteiger partial charge >= 0.3 is 15.4 Å². The topological polar surface area (TPSA) is 145 Å². The van der Waals surface area contributed by atoms with Gasteiger partial charge in [0, 0.05) is 5.41 Å². The number of benzene rings is 1. The molecule has 10 heteroatoms. The van der Waals surface area contributed by atoms with Gasteiger partial charge in [0.1, 0.15) is 5.75 Å². The Bertz CT molecular complexity index is 892. The first-order valence-corrected chi connectivity index (χ1v) is 12.7. The summed E-state index contributed by atoms with van der Waals surface area (Å²) >= 11 is 0.